The third-order valence-corrected chi connectivity index (χ3v) is 3.39. The highest BCUT2D eigenvalue weighted by Gasteiger charge is 2.26. The zero-order chi connectivity index (χ0) is 14.0. The van der Waals surface area contributed by atoms with Crippen molar-refractivity contribution in [2.75, 3.05) is 20.2 Å². The van der Waals surface area contributed by atoms with Crippen LogP contribution in [0.2, 0.25) is 0 Å². The number of ether oxygens (including phenoxy) is 1. The van der Waals surface area contributed by atoms with E-state index in [1.165, 1.54) is 12.8 Å². The Kier molecular flexibility index (Phi) is 3.94. The number of aromatic nitrogens is 2. The van der Waals surface area contributed by atoms with E-state index in [-0.39, 0.29) is 5.84 Å². The van der Waals surface area contributed by atoms with Gasteiger partial charge in [-0.05, 0) is 26.8 Å². The number of rotatable bonds is 6. The molecule has 0 amide bonds. The van der Waals surface area contributed by atoms with Gasteiger partial charge in [0.25, 0.3) is 0 Å². The number of nitrogens with two attached hydrogens (primary N) is 1. The molecule has 0 bridgehead atoms. The Labute approximate surface area is 112 Å². The molecule has 0 aromatic carbocycles. The van der Waals surface area contributed by atoms with Gasteiger partial charge in [0.05, 0.1) is 5.69 Å². The quantitative estimate of drug-likeness (QED) is 0.335. The molecule has 3 N–H and O–H groups in total. The summed E-state index contributed by atoms with van der Waals surface area (Å²) in [6.45, 7) is 3.21. The van der Waals surface area contributed by atoms with Crippen LogP contribution >= 0.6 is 0 Å². The van der Waals surface area contributed by atoms with E-state index >= 15 is 0 Å². The standard InChI is InChI=1S/C12H21N5O2/c1-8-10(11(13)15-18)12(17(3)14-8)19-7-6-16(2)9-4-5-9/h9,18H,4-7H2,1-3H3,(H2,13,15). The highest BCUT2D eigenvalue weighted by molar-refractivity contribution is 6.00. The second-order valence-electron chi connectivity index (χ2n) is 4.93. The van der Waals surface area contributed by atoms with Gasteiger partial charge in [-0.2, -0.15) is 5.10 Å². The van der Waals surface area contributed by atoms with E-state index in [0.717, 1.165) is 6.54 Å². The van der Waals surface area contributed by atoms with Gasteiger partial charge in [0, 0.05) is 19.6 Å². The molecule has 0 atom stereocenters. The fourth-order valence-corrected chi connectivity index (χ4v) is 2.13. The summed E-state index contributed by atoms with van der Waals surface area (Å²) in [6, 6.07) is 0.709. The molecule has 0 saturated heterocycles. The molecule has 106 valence electrons. The fraction of sp³-hybridized carbons (Fsp3) is 0.667. The van der Waals surface area contributed by atoms with Crippen LogP contribution in [0.3, 0.4) is 0 Å². The molecule has 7 heteroatoms. The molecule has 1 fully saturated rings. The Morgan fingerprint density at radius 3 is 2.89 bits per heavy atom. The van der Waals surface area contributed by atoms with Gasteiger partial charge >= 0.3 is 0 Å². The third kappa shape index (κ3) is 2.98. The molecule has 0 unspecified atom stereocenters. The Balaban J connectivity index is 2.02. The second kappa shape index (κ2) is 5.48. The summed E-state index contributed by atoms with van der Waals surface area (Å²) < 4.78 is 7.36. The summed E-state index contributed by atoms with van der Waals surface area (Å²) in [4.78, 5) is 2.28. The molecule has 1 aliphatic carbocycles. The minimum atomic E-state index is 0.0242. The van der Waals surface area contributed by atoms with Crippen molar-refractivity contribution in [3.63, 3.8) is 0 Å². The monoisotopic (exact) mass is 267 g/mol. The number of hydrogen-bond acceptors (Lipinski definition) is 5. The van der Waals surface area contributed by atoms with E-state index in [0.29, 0.717) is 29.8 Å². The van der Waals surface area contributed by atoms with Crippen molar-refractivity contribution in [3.05, 3.63) is 11.3 Å². The van der Waals surface area contributed by atoms with E-state index in [9.17, 15) is 0 Å². The largest absolute Gasteiger partial charge is 0.476 e. The predicted octanol–water partition coefficient (Wildman–Crippen LogP) is 0.296. The van der Waals surface area contributed by atoms with Crippen LogP contribution in [0.4, 0.5) is 0 Å². The Morgan fingerprint density at radius 2 is 2.32 bits per heavy atom. The number of likely N-dealkylation sites (N-methyl/N-ethyl adjacent to an activating group) is 1. The summed E-state index contributed by atoms with van der Waals surface area (Å²) in [5, 5.41) is 16.1. The molecular weight excluding hydrogens is 246 g/mol. The minimum absolute atomic E-state index is 0.0242. The maximum Gasteiger partial charge on any atom is 0.223 e. The first-order valence-corrected chi connectivity index (χ1v) is 6.39. The van der Waals surface area contributed by atoms with E-state index in [1.807, 2.05) is 0 Å². The first-order valence-electron chi connectivity index (χ1n) is 6.39. The van der Waals surface area contributed by atoms with Gasteiger partial charge in [-0.3, -0.25) is 0 Å². The topological polar surface area (TPSA) is 88.9 Å². The first kappa shape index (κ1) is 13.7. The van der Waals surface area contributed by atoms with Crippen LogP contribution in [0.5, 0.6) is 5.88 Å². The van der Waals surface area contributed by atoms with Crippen LogP contribution < -0.4 is 10.5 Å². The zero-order valence-corrected chi connectivity index (χ0v) is 11.6. The Hall–Kier alpha value is -1.76. The lowest BCUT2D eigenvalue weighted by molar-refractivity contribution is 0.219. The van der Waals surface area contributed by atoms with E-state index in [1.54, 1.807) is 18.7 Å². The summed E-state index contributed by atoms with van der Waals surface area (Å²) in [5.41, 5.74) is 6.89. The molecule has 0 aliphatic heterocycles. The van der Waals surface area contributed by atoms with Crippen LogP contribution in [0.25, 0.3) is 0 Å². The van der Waals surface area contributed by atoms with Gasteiger partial charge < -0.3 is 20.6 Å². The number of amidine groups is 1. The number of nitrogens with zero attached hydrogens (tertiary/aromatic N) is 4. The highest BCUT2D eigenvalue weighted by atomic mass is 16.5. The summed E-state index contributed by atoms with van der Waals surface area (Å²) in [7, 11) is 3.88. The smallest absolute Gasteiger partial charge is 0.223 e. The molecule has 1 aliphatic rings. The van der Waals surface area contributed by atoms with Crippen molar-refractivity contribution in [2.45, 2.75) is 25.8 Å². The first-order chi connectivity index (χ1) is 9.04. The Morgan fingerprint density at radius 1 is 1.63 bits per heavy atom. The van der Waals surface area contributed by atoms with Crippen molar-refractivity contribution < 1.29 is 9.94 Å². The second-order valence-corrected chi connectivity index (χ2v) is 4.93. The highest BCUT2D eigenvalue weighted by Crippen LogP contribution is 2.25. The van der Waals surface area contributed by atoms with Gasteiger partial charge in [0.15, 0.2) is 5.84 Å². The molecule has 1 heterocycles. The normalized spacial score (nSPS) is 16.1. The van der Waals surface area contributed by atoms with E-state index in [2.05, 4.69) is 22.2 Å². The minimum Gasteiger partial charge on any atom is -0.476 e. The lowest BCUT2D eigenvalue weighted by atomic mass is 10.2. The van der Waals surface area contributed by atoms with Crippen LogP contribution in [0.1, 0.15) is 24.1 Å². The molecule has 2 rings (SSSR count). The summed E-state index contributed by atoms with van der Waals surface area (Å²) in [5.74, 6) is 0.563. The van der Waals surface area contributed by atoms with Crippen molar-refractivity contribution in [1.82, 2.24) is 14.7 Å². The molecule has 7 nitrogen and oxygen atoms in total. The van der Waals surface area contributed by atoms with Crippen LogP contribution in [-0.4, -0.2) is 52.0 Å². The molecule has 1 aromatic rings. The van der Waals surface area contributed by atoms with Crippen molar-refractivity contribution in [1.29, 1.82) is 0 Å². The van der Waals surface area contributed by atoms with Crippen molar-refractivity contribution in [2.24, 2.45) is 17.9 Å². The molecule has 19 heavy (non-hydrogen) atoms. The predicted molar refractivity (Wildman–Crippen MR) is 71.6 cm³/mol. The molecule has 0 radical (unpaired) electrons. The van der Waals surface area contributed by atoms with Crippen LogP contribution in [0, 0.1) is 6.92 Å². The molecule has 1 saturated carbocycles. The number of aryl methyl sites for hydroxylation is 2. The van der Waals surface area contributed by atoms with Gasteiger partial charge in [-0.15, -0.1) is 0 Å². The number of hydrogen-bond donors (Lipinski definition) is 2. The number of oxime groups is 1. The SMILES string of the molecule is Cc1nn(C)c(OCCN(C)C2CC2)c1C(N)=NO. The molecule has 1 aromatic heterocycles. The maximum atomic E-state index is 8.80. The summed E-state index contributed by atoms with van der Waals surface area (Å²) in [6.07, 6.45) is 2.55. The lowest BCUT2D eigenvalue weighted by Gasteiger charge is -2.16. The average molecular weight is 267 g/mol. The molecular formula is C12H21N5O2. The summed E-state index contributed by atoms with van der Waals surface area (Å²) >= 11 is 0. The van der Waals surface area contributed by atoms with Crippen molar-refractivity contribution in [3.8, 4) is 5.88 Å². The maximum absolute atomic E-state index is 8.80. The Bertz CT molecular complexity index is 479. The van der Waals surface area contributed by atoms with Gasteiger partial charge in [-0.25, -0.2) is 4.68 Å². The van der Waals surface area contributed by atoms with Crippen molar-refractivity contribution >= 4 is 5.84 Å². The van der Waals surface area contributed by atoms with Crippen LogP contribution in [-0.2, 0) is 7.05 Å². The molecule has 0 spiro atoms. The zero-order valence-electron chi connectivity index (χ0n) is 11.6. The van der Waals surface area contributed by atoms with E-state index in [4.69, 9.17) is 15.7 Å². The van der Waals surface area contributed by atoms with E-state index < -0.39 is 0 Å². The van der Waals surface area contributed by atoms with Gasteiger partial charge in [0.2, 0.25) is 5.88 Å². The average Bonchev–Trinajstić information content (AvgIpc) is 3.17. The van der Waals surface area contributed by atoms with Crippen LogP contribution in [0.15, 0.2) is 5.16 Å². The fourth-order valence-electron chi connectivity index (χ4n) is 2.13. The third-order valence-electron chi connectivity index (χ3n) is 3.39. The van der Waals surface area contributed by atoms with Gasteiger partial charge in [0.1, 0.15) is 12.2 Å². The lowest BCUT2D eigenvalue weighted by Crippen LogP contribution is -2.27. The van der Waals surface area contributed by atoms with Gasteiger partial charge in [-0.1, -0.05) is 5.16 Å².